The number of ether oxygens (including phenoxy) is 1. The van der Waals surface area contributed by atoms with Gasteiger partial charge in [-0.1, -0.05) is 6.07 Å². The van der Waals surface area contributed by atoms with Gasteiger partial charge in [0.05, 0.1) is 17.4 Å². The van der Waals surface area contributed by atoms with E-state index in [2.05, 4.69) is 10.6 Å². The van der Waals surface area contributed by atoms with Crippen LogP contribution in [0.3, 0.4) is 0 Å². The molecule has 32 heavy (non-hydrogen) atoms. The van der Waals surface area contributed by atoms with Crippen molar-refractivity contribution in [3.05, 3.63) is 75.4 Å². The molecule has 0 saturated heterocycles. The highest BCUT2D eigenvalue weighted by Gasteiger charge is 2.20. The normalized spacial score (nSPS) is 11.5. The molecule has 3 aromatic carbocycles. The van der Waals surface area contributed by atoms with E-state index in [1.807, 2.05) is 22.6 Å². The predicted molar refractivity (Wildman–Crippen MR) is 126 cm³/mol. The van der Waals surface area contributed by atoms with E-state index >= 15 is 0 Å². The number of hydrogen-bond acceptors (Lipinski definition) is 5. The molecule has 3 rings (SSSR count). The van der Waals surface area contributed by atoms with Gasteiger partial charge >= 0.3 is 0 Å². The molecule has 2 amide bonds. The van der Waals surface area contributed by atoms with Crippen molar-refractivity contribution in [2.45, 2.75) is 13.0 Å². The van der Waals surface area contributed by atoms with Gasteiger partial charge in [-0.05, 0) is 65.9 Å². The molecule has 0 saturated carbocycles. The van der Waals surface area contributed by atoms with Crippen LogP contribution < -0.4 is 26.8 Å². The molecule has 0 fully saturated rings. The summed E-state index contributed by atoms with van der Waals surface area (Å²) in [5, 5.41) is 5.30. The number of carbonyl (C=O) groups is 2. The minimum atomic E-state index is -0.908. The average Bonchev–Trinajstić information content (AvgIpc) is 2.69. The lowest BCUT2D eigenvalue weighted by molar-refractivity contribution is -0.117. The lowest BCUT2D eigenvalue weighted by atomic mass is 10.1. The Bertz CT molecular complexity index is 1190. The van der Waals surface area contributed by atoms with E-state index < -0.39 is 29.5 Å². The van der Waals surface area contributed by atoms with Crippen LogP contribution >= 0.6 is 22.6 Å². The smallest absolute Gasteiger partial charge is 0.254 e. The molecular formula is C22H19F2IN4O3. The van der Waals surface area contributed by atoms with Crippen LogP contribution in [0.2, 0.25) is 0 Å². The van der Waals surface area contributed by atoms with E-state index in [1.54, 1.807) is 24.3 Å². The van der Waals surface area contributed by atoms with Crippen molar-refractivity contribution >= 4 is 51.5 Å². The van der Waals surface area contributed by atoms with Crippen LogP contribution in [0.25, 0.3) is 0 Å². The van der Waals surface area contributed by atoms with Gasteiger partial charge in [0.15, 0.2) is 0 Å². The fourth-order valence-corrected chi connectivity index (χ4v) is 3.22. The molecule has 6 N–H and O–H groups in total. The Labute approximate surface area is 196 Å². The van der Waals surface area contributed by atoms with E-state index in [4.69, 9.17) is 16.2 Å². The second-order valence-corrected chi connectivity index (χ2v) is 8.09. The number of primary amides is 1. The minimum absolute atomic E-state index is 0.0325. The minimum Gasteiger partial charge on any atom is -0.456 e. The summed E-state index contributed by atoms with van der Waals surface area (Å²) in [6, 6.07) is 11.9. The number of amides is 2. The highest BCUT2D eigenvalue weighted by Crippen LogP contribution is 2.34. The van der Waals surface area contributed by atoms with Gasteiger partial charge < -0.3 is 26.8 Å². The first-order chi connectivity index (χ1) is 15.1. The van der Waals surface area contributed by atoms with E-state index in [1.165, 1.54) is 25.1 Å². The van der Waals surface area contributed by atoms with Gasteiger partial charge in [0, 0.05) is 21.4 Å². The largest absolute Gasteiger partial charge is 0.456 e. The number of rotatable bonds is 7. The Morgan fingerprint density at radius 1 is 1.06 bits per heavy atom. The summed E-state index contributed by atoms with van der Waals surface area (Å²) in [4.78, 5) is 24.0. The van der Waals surface area contributed by atoms with Crippen molar-refractivity contribution in [3.63, 3.8) is 0 Å². The summed E-state index contributed by atoms with van der Waals surface area (Å²) in [6.45, 7) is 1.53. The molecule has 0 aliphatic heterocycles. The average molecular weight is 552 g/mol. The van der Waals surface area contributed by atoms with Crippen molar-refractivity contribution in [1.82, 2.24) is 0 Å². The number of benzene rings is 3. The third-order valence-electron chi connectivity index (χ3n) is 4.26. The molecule has 166 valence electrons. The van der Waals surface area contributed by atoms with Gasteiger partial charge in [-0.25, -0.2) is 8.78 Å². The lowest BCUT2D eigenvalue weighted by Crippen LogP contribution is -2.32. The van der Waals surface area contributed by atoms with Gasteiger partial charge in [-0.15, -0.1) is 0 Å². The maximum atomic E-state index is 14.3. The summed E-state index contributed by atoms with van der Waals surface area (Å²) in [6.07, 6.45) is 0. The fraction of sp³-hybridized carbons (Fsp3) is 0.0909. The molecule has 0 heterocycles. The van der Waals surface area contributed by atoms with E-state index in [0.717, 1.165) is 12.1 Å². The number of halogens is 3. The molecule has 0 aliphatic carbocycles. The lowest BCUT2D eigenvalue weighted by Gasteiger charge is -2.16. The Morgan fingerprint density at radius 2 is 1.81 bits per heavy atom. The standard InChI is InChI=1S/C22H19F2IN4O3/c1-11(26)22(31)28-14-3-2-4-15(10-14)32-19-8-12(23)7-18(20(19)21(27)30)29-17-6-5-13(25)9-16(17)24/h2-11,29H,26H2,1H3,(H2,27,30)(H,28,31)/t11-/m0/s1. The third-order valence-corrected chi connectivity index (χ3v) is 4.93. The van der Waals surface area contributed by atoms with Gasteiger partial charge in [-0.3, -0.25) is 9.59 Å². The molecule has 7 nitrogen and oxygen atoms in total. The molecule has 0 aliphatic rings. The quantitative estimate of drug-likeness (QED) is 0.322. The zero-order valence-corrected chi connectivity index (χ0v) is 18.9. The Morgan fingerprint density at radius 3 is 2.47 bits per heavy atom. The van der Waals surface area contributed by atoms with Crippen LogP contribution in [0.15, 0.2) is 54.6 Å². The SMILES string of the molecule is C[C@H](N)C(=O)Nc1cccc(Oc2cc(F)cc(Nc3ccc(I)cc3F)c2C(N)=O)c1. The van der Waals surface area contributed by atoms with Gasteiger partial charge in [0.25, 0.3) is 5.91 Å². The first-order valence-corrected chi connectivity index (χ1v) is 10.4. The summed E-state index contributed by atoms with van der Waals surface area (Å²) in [7, 11) is 0. The molecular weight excluding hydrogens is 533 g/mol. The molecule has 0 aromatic heterocycles. The predicted octanol–water partition coefficient (Wildman–Crippen LogP) is 4.49. The van der Waals surface area contributed by atoms with Gasteiger partial charge in [0.2, 0.25) is 5.91 Å². The molecule has 0 radical (unpaired) electrons. The maximum absolute atomic E-state index is 14.3. The van der Waals surface area contributed by atoms with Crippen LogP contribution in [-0.4, -0.2) is 17.9 Å². The van der Waals surface area contributed by atoms with Crippen LogP contribution in [0, 0.1) is 15.2 Å². The first kappa shape index (κ1) is 23.4. The van der Waals surface area contributed by atoms with Crippen molar-refractivity contribution in [2.24, 2.45) is 11.5 Å². The van der Waals surface area contributed by atoms with Crippen molar-refractivity contribution < 1.29 is 23.1 Å². The number of hydrogen-bond donors (Lipinski definition) is 4. The van der Waals surface area contributed by atoms with Crippen molar-refractivity contribution in [1.29, 1.82) is 0 Å². The fourth-order valence-electron chi connectivity index (χ4n) is 2.77. The molecule has 0 unspecified atom stereocenters. The molecule has 1 atom stereocenters. The summed E-state index contributed by atoms with van der Waals surface area (Å²) in [5.74, 6) is -2.61. The summed E-state index contributed by atoms with van der Waals surface area (Å²) in [5.41, 5.74) is 11.2. The number of nitrogens with one attached hydrogen (secondary N) is 2. The molecule has 0 spiro atoms. The Hall–Kier alpha value is -3.25. The second-order valence-electron chi connectivity index (χ2n) is 6.85. The van der Waals surface area contributed by atoms with Crippen LogP contribution in [0.4, 0.5) is 25.8 Å². The highest BCUT2D eigenvalue weighted by molar-refractivity contribution is 14.1. The maximum Gasteiger partial charge on any atom is 0.254 e. The van der Waals surface area contributed by atoms with E-state index in [-0.39, 0.29) is 28.4 Å². The summed E-state index contributed by atoms with van der Waals surface area (Å²) < 4.78 is 35.0. The number of anilines is 3. The van der Waals surface area contributed by atoms with Crippen LogP contribution in [0.5, 0.6) is 11.5 Å². The van der Waals surface area contributed by atoms with Crippen molar-refractivity contribution in [2.75, 3.05) is 10.6 Å². The summed E-state index contributed by atoms with van der Waals surface area (Å²) >= 11 is 1.95. The van der Waals surface area contributed by atoms with E-state index in [0.29, 0.717) is 9.26 Å². The second kappa shape index (κ2) is 9.92. The van der Waals surface area contributed by atoms with Crippen LogP contribution in [0.1, 0.15) is 17.3 Å². The topological polar surface area (TPSA) is 119 Å². The van der Waals surface area contributed by atoms with Crippen LogP contribution in [-0.2, 0) is 4.79 Å². The Balaban J connectivity index is 1.97. The zero-order chi connectivity index (χ0) is 23.4. The zero-order valence-electron chi connectivity index (χ0n) is 16.8. The number of nitrogens with two attached hydrogens (primary N) is 2. The van der Waals surface area contributed by atoms with Gasteiger partial charge in [-0.2, -0.15) is 0 Å². The molecule has 3 aromatic rings. The van der Waals surface area contributed by atoms with Crippen molar-refractivity contribution in [3.8, 4) is 11.5 Å². The molecule has 0 bridgehead atoms. The van der Waals surface area contributed by atoms with E-state index in [9.17, 15) is 18.4 Å². The highest BCUT2D eigenvalue weighted by atomic mass is 127. The first-order valence-electron chi connectivity index (χ1n) is 9.34. The van der Waals surface area contributed by atoms with Gasteiger partial charge in [0.1, 0.15) is 28.7 Å². The monoisotopic (exact) mass is 552 g/mol. The molecule has 10 heteroatoms. The number of carbonyl (C=O) groups excluding carboxylic acids is 2. The Kier molecular flexibility index (Phi) is 7.26. The third kappa shape index (κ3) is 5.71.